The lowest BCUT2D eigenvalue weighted by molar-refractivity contribution is 0.984. The Balaban J connectivity index is 1.10. The Morgan fingerprint density at radius 3 is 2.06 bits per heavy atom. The minimum Gasteiger partial charge on any atom is -0.246 e. The molecule has 0 fully saturated rings. The van der Waals surface area contributed by atoms with Crippen molar-refractivity contribution in [1.29, 1.82) is 0 Å². The molecular weight excluding hydrogens is 587 g/mol. The first kappa shape index (κ1) is 29.0. The maximum Gasteiger partial charge on any atom is 0.160 e. The Morgan fingerprint density at radius 2 is 1.27 bits per heavy atom. The molecule has 8 aromatic rings. The molecule has 0 amide bonds. The van der Waals surface area contributed by atoms with Gasteiger partial charge in [-0.25, -0.2) is 19.5 Å². The number of benzene rings is 5. The minimum atomic E-state index is 0.626. The van der Waals surface area contributed by atoms with Crippen LogP contribution < -0.4 is 0 Å². The molecule has 0 atom stereocenters. The number of fused-ring (bicyclic) bond motifs is 4. The number of aromatic nitrogens is 3. The number of hydrogen-bond acceptors (Lipinski definition) is 3. The van der Waals surface area contributed by atoms with Crippen LogP contribution in [0.2, 0.25) is 0 Å². The van der Waals surface area contributed by atoms with Crippen LogP contribution in [0.4, 0.5) is 0 Å². The summed E-state index contributed by atoms with van der Waals surface area (Å²) in [5.74, 6) is 0.626. The van der Waals surface area contributed by atoms with Gasteiger partial charge in [-0.2, -0.15) is 5.10 Å². The Labute approximate surface area is 278 Å². The van der Waals surface area contributed by atoms with Crippen molar-refractivity contribution < 1.29 is 0 Å². The molecule has 228 valence electrons. The van der Waals surface area contributed by atoms with Crippen LogP contribution >= 0.6 is 0 Å². The largest absolute Gasteiger partial charge is 0.246 e. The van der Waals surface area contributed by atoms with Crippen molar-refractivity contribution in [1.82, 2.24) is 14.6 Å². The third-order valence-electron chi connectivity index (χ3n) is 8.60. The predicted molar refractivity (Wildman–Crippen MR) is 200 cm³/mol. The smallest absolute Gasteiger partial charge is 0.160 e. The highest BCUT2D eigenvalue weighted by molar-refractivity contribution is 6.12. The molecule has 3 aromatic heterocycles. The number of pyridine rings is 2. The molecule has 0 saturated heterocycles. The highest BCUT2D eigenvalue weighted by Crippen LogP contribution is 2.29. The van der Waals surface area contributed by atoms with Crippen molar-refractivity contribution >= 4 is 44.6 Å². The van der Waals surface area contributed by atoms with Crippen LogP contribution in [-0.4, -0.2) is 26.1 Å². The number of rotatable bonds is 6. The van der Waals surface area contributed by atoms with Crippen LogP contribution in [0.15, 0.2) is 174 Å². The van der Waals surface area contributed by atoms with Crippen molar-refractivity contribution in [2.45, 2.75) is 6.92 Å². The van der Waals surface area contributed by atoms with Crippen molar-refractivity contribution in [2.75, 3.05) is 0 Å². The lowest BCUT2D eigenvalue weighted by atomic mass is 10.0. The molecule has 0 unspecified atom stereocenters. The van der Waals surface area contributed by atoms with Gasteiger partial charge in [0.25, 0.3) is 0 Å². The van der Waals surface area contributed by atoms with Crippen LogP contribution in [0.3, 0.4) is 0 Å². The van der Waals surface area contributed by atoms with Gasteiger partial charge in [0.1, 0.15) is 0 Å². The van der Waals surface area contributed by atoms with Gasteiger partial charge in [-0.15, -0.1) is 0 Å². The summed E-state index contributed by atoms with van der Waals surface area (Å²) in [6.07, 6.45) is 0. The Kier molecular flexibility index (Phi) is 7.48. The fraction of sp³-hybridized carbons (Fsp3) is 0.0233. The van der Waals surface area contributed by atoms with Crippen LogP contribution in [0.25, 0.3) is 55.5 Å². The lowest BCUT2D eigenvalue weighted by Gasteiger charge is -2.09. The van der Waals surface area contributed by atoms with E-state index in [1.165, 1.54) is 0 Å². The molecule has 5 heteroatoms. The van der Waals surface area contributed by atoms with Gasteiger partial charge in [-0.3, -0.25) is 0 Å². The van der Waals surface area contributed by atoms with Gasteiger partial charge in [0.2, 0.25) is 0 Å². The van der Waals surface area contributed by atoms with Crippen LogP contribution in [0.5, 0.6) is 0 Å². The van der Waals surface area contributed by atoms with Crippen LogP contribution in [0.1, 0.15) is 23.6 Å². The summed E-state index contributed by atoms with van der Waals surface area (Å²) in [5, 5.41) is 7.09. The zero-order valence-corrected chi connectivity index (χ0v) is 26.5. The molecule has 0 aliphatic rings. The maximum absolute atomic E-state index is 5.10. The maximum atomic E-state index is 5.10. The Hall–Kier alpha value is -6.46. The van der Waals surface area contributed by atoms with Crippen molar-refractivity contribution in [3.8, 4) is 22.5 Å². The molecule has 0 radical (unpaired) electrons. The zero-order chi connectivity index (χ0) is 32.5. The molecule has 0 spiro atoms. The highest BCUT2D eigenvalue weighted by atomic mass is 15.2. The molecule has 0 saturated carbocycles. The first-order valence-electron chi connectivity index (χ1n) is 15.9. The standard InChI is InChI=1S/C43H31N5/c1-29(31-12-5-3-6-13-31)44-43(35-14-7-4-8-15-35)45-30(2)32-20-22-33(23-21-32)36-25-24-34-26-27-39(46-40(34)28-36)42-19-11-18-41-37-16-9-10-17-38(37)47-48(41)42/h3-28H,2H2,1H3. The molecule has 8 rings (SSSR count). The van der Waals surface area contributed by atoms with E-state index in [0.29, 0.717) is 11.5 Å². The average molecular weight is 618 g/mol. The van der Waals surface area contributed by atoms with Gasteiger partial charge in [0.05, 0.1) is 33.6 Å². The summed E-state index contributed by atoms with van der Waals surface area (Å²) in [6, 6.07) is 53.6. The number of aliphatic imine (C=N–C) groups is 2. The second kappa shape index (κ2) is 12.4. The molecule has 3 heterocycles. The van der Waals surface area contributed by atoms with E-state index in [4.69, 9.17) is 20.1 Å². The molecule has 48 heavy (non-hydrogen) atoms. The van der Waals surface area contributed by atoms with Gasteiger partial charge in [0.15, 0.2) is 5.84 Å². The predicted octanol–water partition coefficient (Wildman–Crippen LogP) is 10.3. The summed E-state index contributed by atoms with van der Waals surface area (Å²) in [6.45, 7) is 6.32. The van der Waals surface area contributed by atoms with E-state index in [-0.39, 0.29) is 0 Å². The highest BCUT2D eigenvalue weighted by Gasteiger charge is 2.12. The summed E-state index contributed by atoms with van der Waals surface area (Å²) in [4.78, 5) is 14.9. The van der Waals surface area contributed by atoms with E-state index in [0.717, 1.165) is 72.2 Å². The van der Waals surface area contributed by atoms with E-state index in [9.17, 15) is 0 Å². The van der Waals surface area contributed by atoms with Gasteiger partial charge in [-0.1, -0.05) is 134 Å². The van der Waals surface area contributed by atoms with Crippen LogP contribution in [0, 0.1) is 0 Å². The first-order valence-corrected chi connectivity index (χ1v) is 15.9. The third-order valence-corrected chi connectivity index (χ3v) is 8.60. The normalized spacial score (nSPS) is 12.2. The van der Waals surface area contributed by atoms with Gasteiger partial charge in [0, 0.05) is 22.0 Å². The van der Waals surface area contributed by atoms with Crippen molar-refractivity contribution in [3.05, 3.63) is 181 Å². The van der Waals surface area contributed by atoms with Crippen molar-refractivity contribution in [2.24, 2.45) is 9.98 Å². The summed E-state index contributed by atoms with van der Waals surface area (Å²) in [7, 11) is 0. The summed E-state index contributed by atoms with van der Waals surface area (Å²) >= 11 is 0. The molecule has 0 bridgehead atoms. The number of hydrogen-bond donors (Lipinski definition) is 0. The fourth-order valence-corrected chi connectivity index (χ4v) is 6.02. The second-order valence-corrected chi connectivity index (χ2v) is 11.7. The molecule has 5 nitrogen and oxygen atoms in total. The number of amidine groups is 1. The second-order valence-electron chi connectivity index (χ2n) is 11.7. The average Bonchev–Trinajstić information content (AvgIpc) is 3.54. The third kappa shape index (κ3) is 5.59. The topological polar surface area (TPSA) is 54.9 Å². The Morgan fingerprint density at radius 1 is 0.583 bits per heavy atom. The van der Waals surface area contributed by atoms with E-state index < -0.39 is 0 Å². The van der Waals surface area contributed by atoms with Crippen molar-refractivity contribution in [3.63, 3.8) is 0 Å². The lowest BCUT2D eigenvalue weighted by Crippen LogP contribution is -2.04. The zero-order valence-electron chi connectivity index (χ0n) is 26.5. The van der Waals surface area contributed by atoms with Crippen LogP contribution in [-0.2, 0) is 0 Å². The Bertz CT molecular complexity index is 2510. The number of nitrogens with zero attached hydrogens (tertiary/aromatic N) is 5. The molecular formula is C43H31N5. The van der Waals surface area contributed by atoms with Gasteiger partial charge < -0.3 is 0 Å². The first-order chi connectivity index (χ1) is 23.6. The summed E-state index contributed by atoms with van der Waals surface area (Å²) in [5.41, 5.74) is 11.4. The monoisotopic (exact) mass is 617 g/mol. The molecule has 0 aliphatic carbocycles. The molecule has 0 aliphatic heterocycles. The van der Waals surface area contributed by atoms with Gasteiger partial charge >= 0.3 is 0 Å². The molecule has 0 N–H and O–H groups in total. The van der Waals surface area contributed by atoms with E-state index >= 15 is 0 Å². The quantitative estimate of drug-likeness (QED) is 0.138. The van der Waals surface area contributed by atoms with E-state index in [2.05, 4.69) is 97.6 Å². The minimum absolute atomic E-state index is 0.626. The SMILES string of the molecule is C=C(N=C(N=C(C)c1ccccc1)c1ccccc1)c1ccc(-c2ccc3ccc(-c4cccc5c6ccccc6nn45)nc3c2)cc1. The molecule has 5 aromatic carbocycles. The van der Waals surface area contributed by atoms with E-state index in [1.54, 1.807) is 0 Å². The fourth-order valence-electron chi connectivity index (χ4n) is 6.02. The summed E-state index contributed by atoms with van der Waals surface area (Å²) < 4.78 is 1.99. The van der Waals surface area contributed by atoms with E-state index in [1.807, 2.05) is 78.2 Å². The van der Waals surface area contributed by atoms with Gasteiger partial charge in [-0.05, 0) is 59.5 Å².